The van der Waals surface area contributed by atoms with Gasteiger partial charge in [-0.25, -0.2) is 4.90 Å². The lowest BCUT2D eigenvalue weighted by Crippen LogP contribution is -2.32. The third-order valence-electron chi connectivity index (χ3n) is 4.83. The van der Waals surface area contributed by atoms with Crippen LogP contribution in [0.3, 0.4) is 0 Å². The number of imide groups is 1. The molecule has 2 amide bonds. The summed E-state index contributed by atoms with van der Waals surface area (Å²) in [6, 6.07) is 18.4. The highest BCUT2D eigenvalue weighted by Gasteiger charge is 2.41. The third-order valence-corrected chi connectivity index (χ3v) is 5.72. The molecule has 2 aromatic carbocycles. The first-order chi connectivity index (χ1) is 14.5. The van der Waals surface area contributed by atoms with Crippen molar-refractivity contribution in [1.29, 1.82) is 0 Å². The summed E-state index contributed by atoms with van der Waals surface area (Å²) in [6.45, 7) is 0. The Kier molecular flexibility index (Phi) is 5.29. The highest BCUT2D eigenvalue weighted by atomic mass is 32.1. The van der Waals surface area contributed by atoms with Crippen molar-refractivity contribution in [3.05, 3.63) is 76.6 Å². The molecule has 30 heavy (non-hydrogen) atoms. The molecule has 3 aromatic rings. The molecule has 1 aliphatic heterocycles. The van der Waals surface area contributed by atoms with Gasteiger partial charge in [0, 0.05) is 30.3 Å². The molecule has 0 bridgehead atoms. The van der Waals surface area contributed by atoms with E-state index in [1.165, 1.54) is 23.3 Å². The van der Waals surface area contributed by atoms with Crippen molar-refractivity contribution >= 4 is 45.8 Å². The van der Waals surface area contributed by atoms with Crippen molar-refractivity contribution in [2.24, 2.45) is 0 Å². The van der Waals surface area contributed by atoms with E-state index in [0.29, 0.717) is 17.0 Å². The molecule has 0 saturated carbocycles. The number of para-hydroxylation sites is 2. The molecule has 1 N–H and O–H groups in total. The van der Waals surface area contributed by atoms with Crippen LogP contribution in [0.4, 0.5) is 17.1 Å². The second-order valence-corrected chi connectivity index (χ2v) is 7.86. The number of amides is 2. The largest absolute Gasteiger partial charge is 0.495 e. The van der Waals surface area contributed by atoms with E-state index in [-0.39, 0.29) is 11.6 Å². The van der Waals surface area contributed by atoms with Crippen molar-refractivity contribution < 1.29 is 14.3 Å². The number of nitrogens with one attached hydrogen (secondary N) is 1. The predicted octanol–water partition coefficient (Wildman–Crippen LogP) is 4.22. The van der Waals surface area contributed by atoms with Gasteiger partial charge in [-0.3, -0.25) is 9.59 Å². The van der Waals surface area contributed by atoms with Crippen molar-refractivity contribution in [2.45, 2.75) is 0 Å². The zero-order chi connectivity index (χ0) is 21.3. The second kappa shape index (κ2) is 8.04. The van der Waals surface area contributed by atoms with Gasteiger partial charge in [0.1, 0.15) is 11.4 Å². The van der Waals surface area contributed by atoms with Gasteiger partial charge in [0.05, 0.1) is 18.4 Å². The lowest BCUT2D eigenvalue weighted by molar-refractivity contribution is -0.120. The van der Waals surface area contributed by atoms with Gasteiger partial charge in [-0.2, -0.15) is 0 Å². The summed E-state index contributed by atoms with van der Waals surface area (Å²) in [5.41, 5.74) is 2.80. The van der Waals surface area contributed by atoms with Gasteiger partial charge in [-0.15, -0.1) is 11.3 Å². The first-order valence-electron chi connectivity index (χ1n) is 9.35. The average molecular weight is 420 g/mol. The molecule has 1 aliphatic rings. The highest BCUT2D eigenvalue weighted by molar-refractivity contribution is 7.11. The Balaban J connectivity index is 1.77. The molecule has 152 valence electrons. The molecule has 0 atom stereocenters. The minimum absolute atomic E-state index is 0.256. The Labute approximate surface area is 179 Å². The number of ether oxygens (including phenoxy) is 1. The minimum Gasteiger partial charge on any atom is -0.495 e. The summed E-state index contributed by atoms with van der Waals surface area (Å²) >= 11 is 1.42. The lowest BCUT2D eigenvalue weighted by atomic mass is 10.1. The van der Waals surface area contributed by atoms with E-state index in [2.05, 4.69) is 5.32 Å². The van der Waals surface area contributed by atoms with Gasteiger partial charge in [-0.1, -0.05) is 18.2 Å². The first kappa shape index (κ1) is 19.7. The van der Waals surface area contributed by atoms with Crippen molar-refractivity contribution in [2.75, 3.05) is 36.3 Å². The molecule has 1 aromatic heterocycles. The summed E-state index contributed by atoms with van der Waals surface area (Å²) in [4.78, 5) is 30.7. The maximum atomic E-state index is 13.4. The third kappa shape index (κ3) is 3.44. The van der Waals surface area contributed by atoms with Crippen molar-refractivity contribution in [3.63, 3.8) is 0 Å². The van der Waals surface area contributed by atoms with Gasteiger partial charge >= 0.3 is 0 Å². The van der Waals surface area contributed by atoms with E-state index in [1.54, 1.807) is 24.3 Å². The molecule has 0 aliphatic carbocycles. The number of nitrogens with zero attached hydrogens (tertiary/aromatic N) is 2. The summed E-state index contributed by atoms with van der Waals surface area (Å²) in [5.74, 6) is -0.328. The van der Waals surface area contributed by atoms with Crippen molar-refractivity contribution in [1.82, 2.24) is 0 Å². The zero-order valence-corrected chi connectivity index (χ0v) is 17.7. The number of benzene rings is 2. The van der Waals surface area contributed by atoms with E-state index in [9.17, 15) is 9.59 Å². The van der Waals surface area contributed by atoms with Crippen molar-refractivity contribution in [3.8, 4) is 5.75 Å². The molecule has 0 saturated heterocycles. The molecule has 6 nitrogen and oxygen atoms in total. The van der Waals surface area contributed by atoms with Gasteiger partial charge in [0.2, 0.25) is 0 Å². The number of thiophene rings is 1. The maximum Gasteiger partial charge on any atom is 0.282 e. The number of carbonyl (C=O) groups excluding carboxylic acids is 2. The van der Waals surface area contributed by atoms with Gasteiger partial charge in [0.15, 0.2) is 0 Å². The van der Waals surface area contributed by atoms with E-state index >= 15 is 0 Å². The Morgan fingerprint density at radius 2 is 1.67 bits per heavy atom. The number of hydrogen-bond donors (Lipinski definition) is 1. The molecular formula is C23H21N3O3S. The quantitative estimate of drug-likeness (QED) is 0.606. The average Bonchev–Trinajstić information content (AvgIpc) is 3.35. The normalized spacial score (nSPS) is 13.8. The second-order valence-electron chi connectivity index (χ2n) is 6.91. The first-order valence-corrected chi connectivity index (χ1v) is 10.2. The van der Waals surface area contributed by atoms with Crippen LogP contribution in [-0.2, 0) is 9.59 Å². The van der Waals surface area contributed by atoms with Crippen LogP contribution in [0.5, 0.6) is 5.75 Å². The topological polar surface area (TPSA) is 61.9 Å². The van der Waals surface area contributed by atoms with Gasteiger partial charge in [0.25, 0.3) is 11.8 Å². The monoisotopic (exact) mass is 419 g/mol. The fraction of sp³-hybridized carbons (Fsp3) is 0.130. The standard InChI is InChI=1S/C23H21N3O3S/c1-25(2)16-12-10-15(11-13-16)24-21-20(19-9-6-14-30-19)22(27)26(23(21)28)17-7-4-5-8-18(17)29-3/h4-14,24H,1-3H3. The zero-order valence-electron chi connectivity index (χ0n) is 16.9. The number of carbonyl (C=O) groups is 2. The van der Waals surface area contributed by atoms with Crippen LogP contribution < -0.4 is 19.9 Å². The van der Waals surface area contributed by atoms with E-state index < -0.39 is 5.91 Å². The molecule has 7 heteroatoms. The molecule has 0 fully saturated rings. The highest BCUT2D eigenvalue weighted by Crippen LogP contribution is 2.38. The Morgan fingerprint density at radius 3 is 2.30 bits per heavy atom. The summed E-state index contributed by atoms with van der Waals surface area (Å²) in [5, 5.41) is 5.06. The van der Waals surface area contributed by atoms with Crippen LogP contribution in [0.1, 0.15) is 4.88 Å². The number of methoxy groups -OCH3 is 1. The molecule has 4 rings (SSSR count). The minimum atomic E-state index is -0.412. The van der Waals surface area contributed by atoms with E-state index in [1.807, 2.05) is 60.8 Å². The van der Waals surface area contributed by atoms with Crippen LogP contribution >= 0.6 is 11.3 Å². The van der Waals surface area contributed by atoms with Crippen LogP contribution in [0.2, 0.25) is 0 Å². The van der Waals surface area contributed by atoms with Gasteiger partial charge < -0.3 is 15.0 Å². The fourth-order valence-corrected chi connectivity index (χ4v) is 4.08. The summed E-state index contributed by atoms with van der Waals surface area (Å²) in [6.07, 6.45) is 0. The lowest BCUT2D eigenvalue weighted by Gasteiger charge is -2.18. The molecule has 0 radical (unpaired) electrons. The van der Waals surface area contributed by atoms with E-state index in [0.717, 1.165) is 16.3 Å². The molecule has 0 spiro atoms. The van der Waals surface area contributed by atoms with Gasteiger partial charge in [-0.05, 0) is 47.8 Å². The number of hydrogen-bond acceptors (Lipinski definition) is 6. The number of rotatable bonds is 6. The van der Waals surface area contributed by atoms with Crippen LogP contribution in [0.25, 0.3) is 5.57 Å². The number of anilines is 3. The summed E-state index contributed by atoms with van der Waals surface area (Å²) in [7, 11) is 5.44. The fourth-order valence-electron chi connectivity index (χ4n) is 3.32. The van der Waals surface area contributed by atoms with Crippen LogP contribution in [0, 0.1) is 0 Å². The summed E-state index contributed by atoms with van der Waals surface area (Å²) < 4.78 is 5.38. The molecule has 2 heterocycles. The van der Waals surface area contributed by atoms with Crippen LogP contribution in [-0.4, -0.2) is 33.0 Å². The molecule has 0 unspecified atom stereocenters. The maximum absolute atomic E-state index is 13.4. The Morgan fingerprint density at radius 1 is 0.933 bits per heavy atom. The predicted molar refractivity (Wildman–Crippen MR) is 121 cm³/mol. The SMILES string of the molecule is COc1ccccc1N1C(=O)C(Nc2ccc(N(C)C)cc2)=C(c2cccs2)C1=O. The Bertz CT molecular complexity index is 1120. The Hall–Kier alpha value is -3.58. The smallest absolute Gasteiger partial charge is 0.282 e. The molecular weight excluding hydrogens is 398 g/mol. The van der Waals surface area contributed by atoms with Crippen LogP contribution in [0.15, 0.2) is 71.7 Å². The van der Waals surface area contributed by atoms with E-state index in [4.69, 9.17) is 4.74 Å².